The molecule has 3 aromatic rings. The maximum absolute atomic E-state index is 4.36. The summed E-state index contributed by atoms with van der Waals surface area (Å²) in [4.78, 5) is 12.8. The van der Waals surface area contributed by atoms with Crippen LogP contribution < -0.4 is 0 Å². The van der Waals surface area contributed by atoms with Crippen molar-refractivity contribution in [2.45, 2.75) is 19.9 Å². The van der Waals surface area contributed by atoms with Crippen LogP contribution in [0.25, 0.3) is 17.0 Å². The largest absolute Gasteiger partial charge is 0.313 e. The third-order valence-corrected chi connectivity index (χ3v) is 2.56. The highest BCUT2D eigenvalue weighted by Crippen LogP contribution is 2.18. The van der Waals surface area contributed by atoms with Crippen molar-refractivity contribution in [1.29, 1.82) is 0 Å². The molecule has 0 saturated carbocycles. The quantitative estimate of drug-likeness (QED) is 0.655. The van der Waals surface area contributed by atoms with Gasteiger partial charge in [-0.25, -0.2) is 15.0 Å². The maximum atomic E-state index is 4.36. The van der Waals surface area contributed by atoms with E-state index in [0.29, 0.717) is 11.9 Å². The van der Waals surface area contributed by atoms with Crippen LogP contribution in [0, 0.1) is 0 Å². The van der Waals surface area contributed by atoms with E-state index in [0.717, 1.165) is 11.2 Å². The molecular formula is C10H11N7. The smallest absolute Gasteiger partial charge is 0.170 e. The molecule has 3 heterocycles. The molecule has 86 valence electrons. The lowest BCUT2D eigenvalue weighted by Crippen LogP contribution is -2.02. The number of imidazole rings is 1. The Hall–Kier alpha value is -2.31. The number of fused-ring (bicyclic) bond motifs is 1. The topological polar surface area (TPSA) is 74.3 Å². The highest BCUT2D eigenvalue weighted by atomic mass is 15.3. The van der Waals surface area contributed by atoms with Gasteiger partial charge in [0, 0.05) is 6.04 Å². The molecule has 0 spiro atoms. The number of hydrogen-bond donors (Lipinski definition) is 0. The van der Waals surface area contributed by atoms with E-state index < -0.39 is 0 Å². The van der Waals surface area contributed by atoms with Gasteiger partial charge in [0.05, 0.1) is 6.33 Å². The molecule has 7 heteroatoms. The van der Waals surface area contributed by atoms with Gasteiger partial charge in [0.25, 0.3) is 0 Å². The summed E-state index contributed by atoms with van der Waals surface area (Å²) >= 11 is 0. The Morgan fingerprint density at radius 1 is 1.00 bits per heavy atom. The summed E-state index contributed by atoms with van der Waals surface area (Å²) in [5.41, 5.74) is 1.57. The van der Waals surface area contributed by atoms with Crippen LogP contribution in [0.15, 0.2) is 25.3 Å². The van der Waals surface area contributed by atoms with Crippen LogP contribution in [0.1, 0.15) is 19.9 Å². The average Bonchev–Trinajstić information content (AvgIpc) is 2.97. The molecule has 0 aliphatic heterocycles. The Labute approximate surface area is 97.2 Å². The summed E-state index contributed by atoms with van der Waals surface area (Å²) in [6.45, 7) is 4.17. The molecule has 0 N–H and O–H groups in total. The van der Waals surface area contributed by atoms with Crippen molar-refractivity contribution in [3.05, 3.63) is 25.3 Å². The second-order valence-electron chi connectivity index (χ2n) is 3.98. The predicted molar refractivity (Wildman–Crippen MR) is 60.6 cm³/mol. The Kier molecular flexibility index (Phi) is 2.10. The van der Waals surface area contributed by atoms with Crippen molar-refractivity contribution in [3.8, 4) is 5.82 Å². The van der Waals surface area contributed by atoms with E-state index >= 15 is 0 Å². The SMILES string of the molecule is CC(C)n1cnc2c(-n3cnnc3)ncnc21. The van der Waals surface area contributed by atoms with Crippen LogP contribution in [0.3, 0.4) is 0 Å². The maximum Gasteiger partial charge on any atom is 0.170 e. The Morgan fingerprint density at radius 2 is 1.76 bits per heavy atom. The van der Waals surface area contributed by atoms with E-state index in [-0.39, 0.29) is 0 Å². The van der Waals surface area contributed by atoms with Crippen LogP contribution >= 0.6 is 0 Å². The molecule has 17 heavy (non-hydrogen) atoms. The molecular weight excluding hydrogens is 218 g/mol. The lowest BCUT2D eigenvalue weighted by Gasteiger charge is -2.07. The number of nitrogens with zero attached hydrogens (tertiary/aromatic N) is 7. The Balaban J connectivity index is 2.28. The van der Waals surface area contributed by atoms with Gasteiger partial charge in [-0.1, -0.05) is 0 Å². The molecule has 0 bridgehead atoms. The molecule has 3 aromatic heterocycles. The minimum atomic E-state index is 0.309. The first-order valence-electron chi connectivity index (χ1n) is 5.30. The van der Waals surface area contributed by atoms with E-state index in [2.05, 4.69) is 39.0 Å². The minimum Gasteiger partial charge on any atom is -0.313 e. The van der Waals surface area contributed by atoms with Gasteiger partial charge in [0.2, 0.25) is 0 Å². The van der Waals surface area contributed by atoms with Crippen molar-refractivity contribution >= 4 is 11.2 Å². The lowest BCUT2D eigenvalue weighted by molar-refractivity contribution is 0.612. The summed E-state index contributed by atoms with van der Waals surface area (Å²) in [5, 5.41) is 7.53. The summed E-state index contributed by atoms with van der Waals surface area (Å²) in [6, 6.07) is 0.309. The van der Waals surface area contributed by atoms with E-state index in [1.807, 2.05) is 4.57 Å². The van der Waals surface area contributed by atoms with Crippen LogP contribution in [-0.2, 0) is 0 Å². The van der Waals surface area contributed by atoms with E-state index in [1.165, 1.54) is 6.33 Å². The van der Waals surface area contributed by atoms with Crippen molar-refractivity contribution in [3.63, 3.8) is 0 Å². The molecule has 0 aliphatic carbocycles. The van der Waals surface area contributed by atoms with Crippen LogP contribution in [-0.4, -0.2) is 34.3 Å². The van der Waals surface area contributed by atoms with E-state index in [9.17, 15) is 0 Å². The van der Waals surface area contributed by atoms with Gasteiger partial charge in [-0.3, -0.25) is 4.57 Å². The molecule has 0 unspecified atom stereocenters. The fourth-order valence-electron chi connectivity index (χ4n) is 1.72. The summed E-state index contributed by atoms with van der Waals surface area (Å²) in [5.74, 6) is 0.694. The summed E-state index contributed by atoms with van der Waals surface area (Å²) < 4.78 is 3.73. The third kappa shape index (κ3) is 1.47. The van der Waals surface area contributed by atoms with Crippen LogP contribution in [0.4, 0.5) is 0 Å². The van der Waals surface area contributed by atoms with Crippen LogP contribution in [0.2, 0.25) is 0 Å². The monoisotopic (exact) mass is 229 g/mol. The molecule has 0 fully saturated rings. The molecule has 0 aromatic carbocycles. The molecule has 0 aliphatic rings. The van der Waals surface area contributed by atoms with Crippen molar-refractivity contribution in [2.75, 3.05) is 0 Å². The zero-order chi connectivity index (χ0) is 11.8. The van der Waals surface area contributed by atoms with Gasteiger partial charge < -0.3 is 4.57 Å². The van der Waals surface area contributed by atoms with Gasteiger partial charge in [0.15, 0.2) is 17.0 Å². The Bertz CT molecular complexity index is 638. The second kappa shape index (κ2) is 3.62. The zero-order valence-electron chi connectivity index (χ0n) is 9.52. The third-order valence-electron chi connectivity index (χ3n) is 2.56. The standard InChI is InChI=1S/C10H11N7/c1-7(2)17-4-13-8-9(11-3-12-10(8)17)16-5-14-15-6-16/h3-7H,1-2H3. The lowest BCUT2D eigenvalue weighted by atomic mass is 10.4. The fraction of sp³-hybridized carbons (Fsp3) is 0.300. The number of aromatic nitrogens is 7. The minimum absolute atomic E-state index is 0.309. The predicted octanol–water partition coefficient (Wildman–Crippen LogP) is 0.988. The molecule has 0 radical (unpaired) electrons. The van der Waals surface area contributed by atoms with Crippen LogP contribution in [0.5, 0.6) is 0 Å². The first-order chi connectivity index (χ1) is 8.27. The second-order valence-corrected chi connectivity index (χ2v) is 3.98. The van der Waals surface area contributed by atoms with Gasteiger partial charge in [-0.2, -0.15) is 0 Å². The van der Waals surface area contributed by atoms with Gasteiger partial charge in [-0.05, 0) is 13.8 Å². The summed E-state index contributed by atoms with van der Waals surface area (Å²) in [7, 11) is 0. The molecule has 7 nitrogen and oxygen atoms in total. The highest BCUT2D eigenvalue weighted by Gasteiger charge is 2.12. The Morgan fingerprint density at radius 3 is 2.47 bits per heavy atom. The zero-order valence-corrected chi connectivity index (χ0v) is 9.52. The number of hydrogen-bond acceptors (Lipinski definition) is 5. The van der Waals surface area contributed by atoms with Gasteiger partial charge >= 0.3 is 0 Å². The fourth-order valence-corrected chi connectivity index (χ4v) is 1.72. The van der Waals surface area contributed by atoms with Crippen molar-refractivity contribution in [2.24, 2.45) is 0 Å². The molecule has 0 saturated heterocycles. The van der Waals surface area contributed by atoms with Crippen molar-refractivity contribution < 1.29 is 0 Å². The summed E-state index contributed by atoms with van der Waals surface area (Å²) in [6.07, 6.45) is 6.49. The number of rotatable bonds is 2. The molecule has 0 amide bonds. The van der Waals surface area contributed by atoms with Crippen molar-refractivity contribution in [1.82, 2.24) is 34.3 Å². The first-order valence-corrected chi connectivity index (χ1v) is 5.30. The first kappa shape index (κ1) is 9.88. The normalized spacial score (nSPS) is 11.5. The van der Waals surface area contributed by atoms with Gasteiger partial charge in [-0.15, -0.1) is 10.2 Å². The molecule has 3 rings (SSSR count). The average molecular weight is 229 g/mol. The molecule has 0 atom stereocenters. The highest BCUT2D eigenvalue weighted by molar-refractivity contribution is 5.78. The van der Waals surface area contributed by atoms with E-state index in [1.54, 1.807) is 23.5 Å². The van der Waals surface area contributed by atoms with E-state index in [4.69, 9.17) is 0 Å². The van der Waals surface area contributed by atoms with Gasteiger partial charge in [0.1, 0.15) is 19.0 Å².